The Morgan fingerprint density at radius 3 is 2.10 bits per heavy atom. The van der Waals surface area contributed by atoms with Gasteiger partial charge in [0.2, 0.25) is 0 Å². The summed E-state index contributed by atoms with van der Waals surface area (Å²) >= 11 is 1.82. The molecule has 0 fully saturated rings. The summed E-state index contributed by atoms with van der Waals surface area (Å²) in [5, 5.41) is 3.59. The molecule has 0 N–H and O–H groups in total. The van der Waals surface area contributed by atoms with Crippen molar-refractivity contribution >= 4 is 43.4 Å². The molecule has 0 aliphatic heterocycles. The zero-order valence-corrected chi connectivity index (χ0v) is 27.2. The fraction of sp³-hybridized carbons (Fsp3) is 0.167. The fourth-order valence-electron chi connectivity index (χ4n) is 4.86. The first-order valence-corrected chi connectivity index (χ1v) is 14.2. The topological polar surface area (TPSA) is 38.9 Å². The Bertz CT molecular complexity index is 2020. The molecule has 5 heteroatoms. The molecule has 7 rings (SSSR count). The van der Waals surface area contributed by atoms with Crippen molar-refractivity contribution in [2.45, 2.75) is 41.5 Å². The van der Waals surface area contributed by atoms with Gasteiger partial charge in [-0.2, -0.15) is 0 Å². The average molecular weight is 731 g/mol. The van der Waals surface area contributed by atoms with E-state index in [0.29, 0.717) is 0 Å². The molecule has 4 aromatic heterocycles. The zero-order valence-electron chi connectivity index (χ0n) is 24.0. The van der Waals surface area contributed by atoms with E-state index in [2.05, 4.69) is 112 Å². The van der Waals surface area contributed by atoms with Gasteiger partial charge in [-0.3, -0.25) is 0 Å². The number of aromatic nitrogens is 2. The molecule has 3 nitrogen and oxygen atoms in total. The van der Waals surface area contributed by atoms with Crippen LogP contribution < -0.4 is 0 Å². The van der Waals surface area contributed by atoms with Crippen molar-refractivity contribution in [3.05, 3.63) is 118 Å². The number of nitrogens with zero attached hydrogens (tertiary/aromatic N) is 2. The molecule has 0 aliphatic rings. The normalized spacial score (nSPS) is 11.0. The van der Waals surface area contributed by atoms with Crippen LogP contribution in [0, 0.1) is 53.7 Å². The number of fused-ring (bicyclic) bond motifs is 5. The van der Waals surface area contributed by atoms with Crippen LogP contribution in [0.5, 0.6) is 0 Å². The summed E-state index contributed by atoms with van der Waals surface area (Å²) in [7, 11) is 0. The fourth-order valence-corrected chi connectivity index (χ4v) is 5.79. The maximum absolute atomic E-state index is 6.26. The predicted molar refractivity (Wildman–Crippen MR) is 168 cm³/mol. The summed E-state index contributed by atoms with van der Waals surface area (Å²) in [6.45, 7) is 12.6. The molecule has 0 saturated heterocycles. The zero-order chi connectivity index (χ0) is 28.0. The van der Waals surface area contributed by atoms with Crippen molar-refractivity contribution in [1.82, 2.24) is 9.97 Å². The van der Waals surface area contributed by atoms with E-state index in [1.54, 1.807) is 0 Å². The second-order valence-corrected chi connectivity index (χ2v) is 11.8. The van der Waals surface area contributed by atoms with E-state index >= 15 is 0 Å². The van der Waals surface area contributed by atoms with Gasteiger partial charge in [0.25, 0.3) is 0 Å². The summed E-state index contributed by atoms with van der Waals surface area (Å²) < 4.78 is 7.56. The van der Waals surface area contributed by atoms with Gasteiger partial charge in [0.15, 0.2) is 0 Å². The predicted octanol–water partition coefficient (Wildman–Crippen LogP) is 10.1. The molecule has 0 unspecified atom stereocenters. The summed E-state index contributed by atoms with van der Waals surface area (Å²) in [5.74, 6) is 0. The minimum absolute atomic E-state index is 0. The maximum Gasteiger partial charge on any atom is 0.121 e. The van der Waals surface area contributed by atoms with Gasteiger partial charge in [-0.15, -0.1) is 64.9 Å². The minimum Gasteiger partial charge on any atom is -0.501 e. The maximum atomic E-state index is 6.26. The van der Waals surface area contributed by atoms with Gasteiger partial charge in [0, 0.05) is 52.8 Å². The summed E-state index contributed by atoms with van der Waals surface area (Å²) in [6.07, 6.45) is 3.83. The summed E-state index contributed by atoms with van der Waals surface area (Å²) in [4.78, 5) is 10.3. The number of benzene rings is 3. The summed E-state index contributed by atoms with van der Waals surface area (Å²) in [6, 6.07) is 27.5. The Kier molecular flexibility index (Phi) is 8.24. The van der Waals surface area contributed by atoms with Crippen LogP contribution in [0.4, 0.5) is 0 Å². The van der Waals surface area contributed by atoms with Crippen LogP contribution in [0.25, 0.3) is 54.5 Å². The molecule has 0 atom stereocenters. The second-order valence-electron chi connectivity index (χ2n) is 10.5. The van der Waals surface area contributed by atoms with Crippen LogP contribution in [-0.2, 0) is 20.1 Å². The Labute approximate surface area is 258 Å². The monoisotopic (exact) mass is 731 g/mol. The first-order valence-electron chi connectivity index (χ1n) is 13.4. The van der Waals surface area contributed by atoms with Gasteiger partial charge in [-0.25, -0.2) is 0 Å². The molecule has 0 bridgehead atoms. The van der Waals surface area contributed by atoms with E-state index in [-0.39, 0.29) is 20.1 Å². The largest absolute Gasteiger partial charge is 0.501 e. The molecule has 1 radical (unpaired) electrons. The number of pyridine rings is 2. The molecule has 7 aromatic rings. The summed E-state index contributed by atoms with van der Waals surface area (Å²) in [5.41, 5.74) is 11.8. The average Bonchev–Trinajstić information content (AvgIpc) is 3.52. The molecular formula is C36H30IrN2OS-2. The van der Waals surface area contributed by atoms with Gasteiger partial charge >= 0.3 is 0 Å². The van der Waals surface area contributed by atoms with Crippen molar-refractivity contribution in [3.8, 4) is 22.5 Å². The third-order valence-electron chi connectivity index (χ3n) is 7.46. The van der Waals surface area contributed by atoms with E-state index in [1.165, 1.54) is 48.2 Å². The van der Waals surface area contributed by atoms with Crippen molar-refractivity contribution in [2.75, 3.05) is 0 Å². The number of rotatable bonds is 2. The van der Waals surface area contributed by atoms with Crippen molar-refractivity contribution in [1.29, 1.82) is 0 Å². The van der Waals surface area contributed by atoms with Gasteiger partial charge in [0.1, 0.15) is 5.58 Å². The first-order chi connectivity index (χ1) is 19.3. The minimum atomic E-state index is 0. The molecule has 0 spiro atoms. The van der Waals surface area contributed by atoms with E-state index in [1.807, 2.05) is 35.9 Å². The standard InChI is InChI=1S/C22H16NOS.C14H14N.Ir/c1-12-9-18(23-11-13(12)2)15-5-4-6-16-21-17-10-14(3)25-20(17)8-7-19(21)24-22(15)16;1-10-4-6-13(7-5-10)14-8-11(2)12(3)9-15-14;/h4,6-11H,1-3H3;4-6,8-9H,1-3H3;/q2*-1;. The van der Waals surface area contributed by atoms with Gasteiger partial charge < -0.3 is 14.4 Å². The second kappa shape index (κ2) is 11.7. The van der Waals surface area contributed by atoms with Crippen LogP contribution in [0.2, 0.25) is 0 Å². The SMILES string of the molecule is Cc1c[c-]c(-c2cc(C)c(C)cn2)cc1.Cc1cc2c(ccc3oc4c(-c5cc(C)c(C)cn5)[c-]ccc4c32)s1.[Ir]. The molecule has 0 aliphatic carbocycles. The first kappa shape index (κ1) is 28.9. The van der Waals surface area contributed by atoms with Gasteiger partial charge in [-0.1, -0.05) is 41.1 Å². The smallest absolute Gasteiger partial charge is 0.121 e. The van der Waals surface area contributed by atoms with E-state index in [0.717, 1.165) is 39.1 Å². The quantitative estimate of drug-likeness (QED) is 0.166. The Morgan fingerprint density at radius 2 is 1.41 bits per heavy atom. The van der Waals surface area contributed by atoms with Crippen molar-refractivity contribution < 1.29 is 24.5 Å². The van der Waals surface area contributed by atoms with Crippen LogP contribution >= 0.6 is 11.3 Å². The van der Waals surface area contributed by atoms with Gasteiger partial charge in [0.05, 0.1) is 5.58 Å². The van der Waals surface area contributed by atoms with Gasteiger partial charge in [-0.05, 0) is 75.3 Å². The van der Waals surface area contributed by atoms with Crippen molar-refractivity contribution in [2.24, 2.45) is 0 Å². The van der Waals surface area contributed by atoms with Crippen molar-refractivity contribution in [3.63, 3.8) is 0 Å². The Balaban J connectivity index is 0.000000182. The number of hydrogen-bond acceptors (Lipinski definition) is 4. The molecule has 0 saturated carbocycles. The molecule has 0 amide bonds. The van der Waals surface area contributed by atoms with E-state index < -0.39 is 0 Å². The molecule has 41 heavy (non-hydrogen) atoms. The third kappa shape index (κ3) is 5.63. The third-order valence-corrected chi connectivity index (χ3v) is 8.48. The molecular weight excluding hydrogens is 701 g/mol. The Morgan fingerprint density at radius 1 is 0.707 bits per heavy atom. The Hall–Kier alpha value is -3.63. The number of furan rings is 1. The molecule has 3 aromatic carbocycles. The molecule has 4 heterocycles. The number of thiophene rings is 1. The number of hydrogen-bond donors (Lipinski definition) is 0. The van der Waals surface area contributed by atoms with Crippen LogP contribution in [0.15, 0.2) is 77.5 Å². The van der Waals surface area contributed by atoms with Crippen LogP contribution in [0.1, 0.15) is 32.7 Å². The van der Waals surface area contributed by atoms with E-state index in [4.69, 9.17) is 4.42 Å². The number of aryl methyl sites for hydroxylation is 6. The van der Waals surface area contributed by atoms with Crippen LogP contribution in [-0.4, -0.2) is 9.97 Å². The van der Waals surface area contributed by atoms with E-state index in [9.17, 15) is 0 Å². The van der Waals surface area contributed by atoms with Crippen LogP contribution in [0.3, 0.4) is 0 Å². The molecule has 207 valence electrons.